The predicted octanol–water partition coefficient (Wildman–Crippen LogP) is 4.07. The normalized spacial score (nSPS) is 13.2. The van der Waals surface area contributed by atoms with Crippen LogP contribution in [0, 0.1) is 12.8 Å². The smallest absolute Gasteiger partial charge is 0.259 e. The van der Waals surface area contributed by atoms with Crippen molar-refractivity contribution in [2.45, 2.75) is 39.7 Å². The predicted molar refractivity (Wildman–Crippen MR) is 106 cm³/mol. The van der Waals surface area contributed by atoms with Gasteiger partial charge in [-0.1, -0.05) is 37.3 Å². The summed E-state index contributed by atoms with van der Waals surface area (Å²) in [6.07, 6.45) is 2.86. The minimum absolute atomic E-state index is 0.175. The molecule has 0 heterocycles. The van der Waals surface area contributed by atoms with Crippen LogP contribution in [0.3, 0.4) is 0 Å². The molecule has 0 aliphatic rings. The second-order valence-corrected chi connectivity index (χ2v) is 7.27. The van der Waals surface area contributed by atoms with Crippen LogP contribution in [0.5, 0.6) is 5.75 Å². The molecule has 26 heavy (non-hydrogen) atoms. The van der Waals surface area contributed by atoms with Crippen molar-refractivity contribution in [3.05, 3.63) is 59.2 Å². The summed E-state index contributed by atoms with van der Waals surface area (Å²) >= 11 is -2.15. The zero-order chi connectivity index (χ0) is 18.9. The molecule has 2 aromatic carbocycles. The van der Waals surface area contributed by atoms with Crippen molar-refractivity contribution in [2.24, 2.45) is 5.92 Å². The first-order valence-corrected chi connectivity index (χ1v) is 9.89. The van der Waals surface area contributed by atoms with Gasteiger partial charge < -0.3 is 9.84 Å². The van der Waals surface area contributed by atoms with Gasteiger partial charge in [-0.3, -0.25) is 9.27 Å². The number of aliphatic hydroxyl groups is 1. The lowest BCUT2D eigenvalue weighted by atomic mass is 9.95. The van der Waals surface area contributed by atoms with E-state index in [1.807, 2.05) is 43.3 Å². The zero-order valence-electron chi connectivity index (χ0n) is 15.3. The van der Waals surface area contributed by atoms with Gasteiger partial charge in [0.1, 0.15) is 5.75 Å². The lowest BCUT2D eigenvalue weighted by molar-refractivity contribution is 0.282. The first-order valence-electron chi connectivity index (χ1n) is 8.78. The lowest BCUT2D eigenvalue weighted by Crippen LogP contribution is -2.07. The fourth-order valence-electron chi connectivity index (χ4n) is 2.91. The van der Waals surface area contributed by atoms with E-state index in [1.165, 1.54) is 0 Å². The molecule has 0 bridgehead atoms. The molecule has 0 saturated carbocycles. The van der Waals surface area contributed by atoms with Crippen LogP contribution in [-0.4, -0.2) is 20.5 Å². The van der Waals surface area contributed by atoms with Crippen molar-refractivity contribution >= 4 is 17.0 Å². The van der Waals surface area contributed by atoms with Crippen molar-refractivity contribution < 1.29 is 18.6 Å². The van der Waals surface area contributed by atoms with E-state index in [-0.39, 0.29) is 6.61 Å². The first-order chi connectivity index (χ1) is 12.5. The minimum Gasteiger partial charge on any atom is -0.493 e. The Balaban J connectivity index is 1.82. The van der Waals surface area contributed by atoms with Crippen LogP contribution in [-0.2, 0) is 24.3 Å². The van der Waals surface area contributed by atoms with Crippen molar-refractivity contribution in [3.63, 3.8) is 0 Å². The highest BCUT2D eigenvalue weighted by Gasteiger charge is 2.09. The molecule has 0 amide bonds. The summed E-state index contributed by atoms with van der Waals surface area (Å²) in [6.45, 7) is 4.74. The Kier molecular flexibility index (Phi) is 8.09. The lowest BCUT2D eigenvalue weighted by Gasteiger charge is -2.15. The Labute approximate surface area is 157 Å². The van der Waals surface area contributed by atoms with E-state index in [2.05, 4.69) is 11.6 Å². The summed E-state index contributed by atoms with van der Waals surface area (Å²) < 4.78 is 28.3. The monoisotopic (exact) mass is 377 g/mol. The van der Waals surface area contributed by atoms with E-state index in [4.69, 9.17) is 9.29 Å². The molecule has 1 unspecified atom stereocenters. The second-order valence-electron chi connectivity index (χ2n) is 6.57. The number of benzene rings is 2. The van der Waals surface area contributed by atoms with Crippen LogP contribution in [0.25, 0.3) is 0 Å². The summed E-state index contributed by atoms with van der Waals surface area (Å²) in [5.41, 5.74) is 3.32. The van der Waals surface area contributed by atoms with Crippen molar-refractivity contribution in [3.8, 4) is 5.75 Å². The molecule has 2 atom stereocenters. The second kappa shape index (κ2) is 10.3. The number of hydrogen-bond acceptors (Lipinski definition) is 3. The van der Waals surface area contributed by atoms with Gasteiger partial charge in [0.05, 0.1) is 18.9 Å². The molecule has 0 spiro atoms. The Bertz CT molecular complexity index is 736. The Morgan fingerprint density at radius 3 is 2.69 bits per heavy atom. The van der Waals surface area contributed by atoms with Crippen molar-refractivity contribution in [1.82, 2.24) is 0 Å². The van der Waals surface area contributed by atoms with Gasteiger partial charge in [-0.25, -0.2) is 4.21 Å². The summed E-state index contributed by atoms with van der Waals surface area (Å²) in [7, 11) is 0. The van der Waals surface area contributed by atoms with Gasteiger partial charge in [0.15, 0.2) is 0 Å². The Hall–Kier alpha value is -1.89. The van der Waals surface area contributed by atoms with Crippen molar-refractivity contribution in [1.29, 1.82) is 0 Å². The quantitative estimate of drug-likeness (QED) is 0.431. The van der Waals surface area contributed by atoms with E-state index in [1.54, 1.807) is 6.07 Å². The molecule has 0 aromatic heterocycles. The third-order valence-electron chi connectivity index (χ3n) is 4.32. The van der Waals surface area contributed by atoms with E-state index in [9.17, 15) is 9.32 Å². The maximum atomic E-state index is 11.0. The highest BCUT2D eigenvalue weighted by molar-refractivity contribution is 7.80. The summed E-state index contributed by atoms with van der Waals surface area (Å²) in [5.74, 6) is 1.40. The van der Waals surface area contributed by atoms with E-state index in [0.29, 0.717) is 23.8 Å². The topological polar surface area (TPSA) is 78.8 Å². The summed E-state index contributed by atoms with van der Waals surface area (Å²) in [6, 6.07) is 13.6. The van der Waals surface area contributed by atoms with E-state index in [0.717, 1.165) is 36.1 Å². The highest BCUT2D eigenvalue weighted by Crippen LogP contribution is 2.22. The molecule has 0 aliphatic heterocycles. The molecule has 0 aliphatic carbocycles. The van der Waals surface area contributed by atoms with Gasteiger partial charge in [0, 0.05) is 5.56 Å². The van der Waals surface area contributed by atoms with Gasteiger partial charge in [-0.05, 0) is 55.4 Å². The summed E-state index contributed by atoms with van der Waals surface area (Å²) in [4.78, 5) is 0. The largest absolute Gasteiger partial charge is 0.493 e. The molecular weight excluding hydrogens is 350 g/mol. The first kappa shape index (κ1) is 20.4. The maximum absolute atomic E-state index is 11.0. The number of aryl methyl sites for hydroxylation is 1. The van der Waals surface area contributed by atoms with E-state index >= 15 is 0 Å². The third kappa shape index (κ3) is 6.44. The molecule has 3 N–H and O–H groups in total. The number of para-hydroxylation sites is 1. The Morgan fingerprint density at radius 2 is 2.00 bits per heavy atom. The average molecular weight is 378 g/mol. The number of nitrogens with one attached hydrogen (secondary N) is 1. The molecular formula is C20H27NO4S. The molecule has 0 saturated heterocycles. The van der Waals surface area contributed by atoms with Crippen LogP contribution in [0.15, 0.2) is 42.5 Å². The van der Waals surface area contributed by atoms with Crippen LogP contribution >= 0.6 is 0 Å². The standard InChI is InChI=1S/C20H27NO4S/c1-15(6-5-11-25-20-8-4-3-7-16(20)2)12-17-9-10-18(14-22)19(13-17)21-26(23)24/h3-4,7-10,13,15,21-22H,5-6,11-12,14H2,1-2H3,(H,23,24)/t15-/m0/s1. The number of anilines is 1. The highest BCUT2D eigenvalue weighted by atomic mass is 32.2. The van der Waals surface area contributed by atoms with Crippen LogP contribution < -0.4 is 9.46 Å². The molecule has 2 aromatic rings. The van der Waals surface area contributed by atoms with Crippen LogP contribution in [0.1, 0.15) is 36.5 Å². The summed E-state index contributed by atoms with van der Waals surface area (Å²) in [5, 5.41) is 9.33. The molecule has 142 valence electrons. The fraction of sp³-hybridized carbons (Fsp3) is 0.400. The Morgan fingerprint density at radius 1 is 1.23 bits per heavy atom. The van der Waals surface area contributed by atoms with Gasteiger partial charge in [0.2, 0.25) is 0 Å². The molecule has 6 heteroatoms. The fourth-order valence-corrected chi connectivity index (χ4v) is 3.29. The van der Waals surface area contributed by atoms with Gasteiger partial charge in [-0.2, -0.15) is 0 Å². The SMILES string of the molecule is Cc1ccccc1OCCC[C@H](C)Cc1ccc(CO)c(NS(=O)O)c1. The minimum atomic E-state index is -2.15. The van der Waals surface area contributed by atoms with Crippen molar-refractivity contribution in [2.75, 3.05) is 11.3 Å². The van der Waals surface area contributed by atoms with Gasteiger partial charge >= 0.3 is 0 Å². The van der Waals surface area contributed by atoms with E-state index < -0.39 is 11.3 Å². The number of aliphatic hydroxyl groups excluding tert-OH is 1. The number of hydrogen-bond donors (Lipinski definition) is 3. The van der Waals surface area contributed by atoms with Crippen LogP contribution in [0.2, 0.25) is 0 Å². The average Bonchev–Trinajstić information content (AvgIpc) is 2.60. The maximum Gasteiger partial charge on any atom is 0.259 e. The number of rotatable bonds is 10. The molecule has 5 nitrogen and oxygen atoms in total. The molecule has 0 radical (unpaired) electrons. The molecule has 0 fully saturated rings. The van der Waals surface area contributed by atoms with Crippen LogP contribution in [0.4, 0.5) is 5.69 Å². The zero-order valence-corrected chi connectivity index (χ0v) is 16.1. The third-order valence-corrected chi connectivity index (χ3v) is 4.71. The van der Waals surface area contributed by atoms with Gasteiger partial charge in [0.25, 0.3) is 11.3 Å². The number of ether oxygens (including phenoxy) is 1. The van der Waals surface area contributed by atoms with Gasteiger partial charge in [-0.15, -0.1) is 0 Å². The molecule has 2 rings (SSSR count).